The lowest BCUT2D eigenvalue weighted by atomic mass is 9.67. The molecule has 0 aliphatic heterocycles. The number of hydrogen-bond donors (Lipinski definition) is 2. The fourth-order valence-corrected chi connectivity index (χ4v) is 2.64. The van der Waals surface area contributed by atoms with Gasteiger partial charge in [-0.25, -0.2) is 4.39 Å². The number of guanidine groups is 1. The molecule has 0 amide bonds. The predicted molar refractivity (Wildman–Crippen MR) is 96.6 cm³/mol. The molecule has 2 rings (SSSR count). The number of rotatable bonds is 5. The lowest BCUT2D eigenvalue weighted by Crippen LogP contribution is -2.46. The standard InChI is InChI=1S/C16H24FN3.HI/c1-3-16(9-6-10-16)12-20-15(18-2)19-11-13-7-4-5-8-14(13)17;/h4-5,7-8H,3,6,9-12H2,1-2H3,(H2,18,19,20);1H. The van der Waals surface area contributed by atoms with E-state index in [2.05, 4.69) is 22.5 Å². The molecule has 0 unspecified atom stereocenters. The largest absolute Gasteiger partial charge is 0.356 e. The van der Waals surface area contributed by atoms with Gasteiger partial charge in [0.1, 0.15) is 5.82 Å². The summed E-state index contributed by atoms with van der Waals surface area (Å²) in [4.78, 5) is 4.20. The molecule has 0 radical (unpaired) electrons. The van der Waals surface area contributed by atoms with Crippen molar-refractivity contribution in [1.82, 2.24) is 10.6 Å². The van der Waals surface area contributed by atoms with Crippen molar-refractivity contribution in [3.05, 3.63) is 35.6 Å². The average Bonchev–Trinajstić information content (AvgIpc) is 2.43. The first kappa shape index (κ1) is 18.2. The van der Waals surface area contributed by atoms with Crippen LogP contribution in [0.25, 0.3) is 0 Å². The molecule has 0 atom stereocenters. The van der Waals surface area contributed by atoms with Gasteiger partial charge < -0.3 is 10.6 Å². The molecule has 0 bridgehead atoms. The number of hydrogen-bond acceptors (Lipinski definition) is 1. The minimum absolute atomic E-state index is 0. The van der Waals surface area contributed by atoms with Crippen LogP contribution >= 0.6 is 24.0 Å². The van der Waals surface area contributed by atoms with Crippen LogP contribution in [0, 0.1) is 11.2 Å². The summed E-state index contributed by atoms with van der Waals surface area (Å²) in [6.45, 7) is 3.64. The molecular formula is C16H25FIN3. The van der Waals surface area contributed by atoms with E-state index >= 15 is 0 Å². The van der Waals surface area contributed by atoms with Crippen LogP contribution in [0.2, 0.25) is 0 Å². The van der Waals surface area contributed by atoms with E-state index in [-0.39, 0.29) is 29.8 Å². The number of halogens is 2. The van der Waals surface area contributed by atoms with Crippen molar-refractivity contribution < 1.29 is 4.39 Å². The van der Waals surface area contributed by atoms with Crippen molar-refractivity contribution in [3.63, 3.8) is 0 Å². The Kier molecular flexibility index (Phi) is 7.42. The van der Waals surface area contributed by atoms with Gasteiger partial charge in [-0.1, -0.05) is 31.5 Å². The van der Waals surface area contributed by atoms with Gasteiger partial charge in [0.05, 0.1) is 0 Å². The summed E-state index contributed by atoms with van der Waals surface area (Å²) in [5.74, 6) is 0.562. The highest BCUT2D eigenvalue weighted by atomic mass is 127. The Morgan fingerprint density at radius 2 is 2.00 bits per heavy atom. The number of aliphatic imine (C=N–C) groups is 1. The summed E-state index contributed by atoms with van der Waals surface area (Å²) < 4.78 is 13.5. The second-order valence-corrected chi connectivity index (χ2v) is 5.58. The normalized spacial score (nSPS) is 16.6. The third-order valence-electron chi connectivity index (χ3n) is 4.42. The average molecular weight is 405 g/mol. The van der Waals surface area contributed by atoms with E-state index < -0.39 is 0 Å². The fraction of sp³-hybridized carbons (Fsp3) is 0.562. The molecule has 3 nitrogen and oxygen atoms in total. The molecule has 5 heteroatoms. The zero-order valence-electron chi connectivity index (χ0n) is 12.8. The van der Waals surface area contributed by atoms with E-state index in [1.54, 1.807) is 19.2 Å². The minimum Gasteiger partial charge on any atom is -0.356 e. The Labute approximate surface area is 143 Å². The van der Waals surface area contributed by atoms with Crippen molar-refractivity contribution in [2.45, 2.75) is 39.2 Å². The van der Waals surface area contributed by atoms with Crippen molar-refractivity contribution in [2.24, 2.45) is 10.4 Å². The Morgan fingerprint density at radius 1 is 1.29 bits per heavy atom. The predicted octanol–water partition coefficient (Wildman–Crippen LogP) is 3.69. The third kappa shape index (κ3) is 4.83. The molecule has 0 heterocycles. The molecule has 118 valence electrons. The van der Waals surface area contributed by atoms with Crippen LogP contribution in [0.15, 0.2) is 29.3 Å². The Morgan fingerprint density at radius 3 is 2.52 bits per heavy atom. The van der Waals surface area contributed by atoms with Crippen molar-refractivity contribution in [2.75, 3.05) is 13.6 Å². The zero-order valence-corrected chi connectivity index (χ0v) is 15.1. The van der Waals surface area contributed by atoms with Gasteiger partial charge in [-0.05, 0) is 30.7 Å². The maximum absolute atomic E-state index is 13.5. The van der Waals surface area contributed by atoms with Crippen molar-refractivity contribution in [1.29, 1.82) is 0 Å². The zero-order chi connectivity index (χ0) is 14.4. The highest BCUT2D eigenvalue weighted by Crippen LogP contribution is 2.42. The van der Waals surface area contributed by atoms with Crippen LogP contribution in [-0.4, -0.2) is 19.6 Å². The molecule has 0 spiro atoms. The summed E-state index contributed by atoms with van der Waals surface area (Å²) >= 11 is 0. The number of nitrogens with zero attached hydrogens (tertiary/aromatic N) is 1. The van der Waals surface area contributed by atoms with Crippen molar-refractivity contribution in [3.8, 4) is 0 Å². The van der Waals surface area contributed by atoms with E-state index in [4.69, 9.17) is 0 Å². The maximum Gasteiger partial charge on any atom is 0.191 e. The molecule has 0 saturated heterocycles. The van der Waals surface area contributed by atoms with Crippen LogP contribution in [0.3, 0.4) is 0 Å². The third-order valence-corrected chi connectivity index (χ3v) is 4.42. The molecule has 1 saturated carbocycles. The molecule has 2 N–H and O–H groups in total. The summed E-state index contributed by atoms with van der Waals surface area (Å²) in [5.41, 5.74) is 1.10. The smallest absolute Gasteiger partial charge is 0.191 e. The quantitative estimate of drug-likeness (QED) is 0.446. The monoisotopic (exact) mass is 405 g/mol. The van der Waals surface area contributed by atoms with Crippen LogP contribution < -0.4 is 10.6 Å². The van der Waals surface area contributed by atoms with Crippen LogP contribution in [-0.2, 0) is 6.54 Å². The molecule has 1 aliphatic rings. The number of nitrogens with one attached hydrogen (secondary N) is 2. The van der Waals surface area contributed by atoms with Crippen LogP contribution in [0.5, 0.6) is 0 Å². The van der Waals surface area contributed by atoms with Gasteiger partial charge in [-0.3, -0.25) is 4.99 Å². The SMILES string of the molecule is CCC1(CNC(=NC)NCc2ccccc2F)CCC1.I. The first-order valence-corrected chi connectivity index (χ1v) is 7.37. The molecule has 1 fully saturated rings. The molecule has 21 heavy (non-hydrogen) atoms. The fourth-order valence-electron chi connectivity index (χ4n) is 2.64. The summed E-state index contributed by atoms with van der Waals surface area (Å²) in [5, 5.41) is 6.54. The Bertz CT molecular complexity index is 467. The first-order valence-electron chi connectivity index (χ1n) is 7.37. The summed E-state index contributed by atoms with van der Waals surface area (Å²) in [7, 11) is 1.75. The second kappa shape index (κ2) is 8.56. The van der Waals surface area contributed by atoms with Gasteiger partial charge >= 0.3 is 0 Å². The molecular weight excluding hydrogens is 380 g/mol. The highest BCUT2D eigenvalue weighted by Gasteiger charge is 2.34. The van der Waals surface area contributed by atoms with E-state index in [0.29, 0.717) is 17.5 Å². The highest BCUT2D eigenvalue weighted by molar-refractivity contribution is 14.0. The van der Waals surface area contributed by atoms with E-state index in [9.17, 15) is 4.39 Å². The lowest BCUT2D eigenvalue weighted by Gasteiger charge is -2.41. The first-order chi connectivity index (χ1) is 9.69. The van der Waals surface area contributed by atoms with Crippen LogP contribution in [0.1, 0.15) is 38.2 Å². The molecule has 1 aromatic carbocycles. The number of benzene rings is 1. The molecule has 1 aliphatic carbocycles. The summed E-state index contributed by atoms with van der Waals surface area (Å²) in [6, 6.07) is 6.81. The molecule has 1 aromatic rings. The van der Waals surface area contributed by atoms with E-state index in [1.807, 2.05) is 6.07 Å². The van der Waals surface area contributed by atoms with Gasteiger partial charge in [0.15, 0.2) is 5.96 Å². The summed E-state index contributed by atoms with van der Waals surface area (Å²) in [6.07, 6.45) is 5.11. The van der Waals surface area contributed by atoms with Gasteiger partial charge in [-0.15, -0.1) is 24.0 Å². The minimum atomic E-state index is -0.181. The topological polar surface area (TPSA) is 36.4 Å². The maximum atomic E-state index is 13.5. The lowest BCUT2D eigenvalue weighted by molar-refractivity contribution is 0.131. The van der Waals surface area contributed by atoms with Gasteiger partial charge in [0, 0.05) is 25.7 Å². The van der Waals surface area contributed by atoms with Gasteiger partial charge in [0.25, 0.3) is 0 Å². The van der Waals surface area contributed by atoms with Crippen molar-refractivity contribution >= 4 is 29.9 Å². The van der Waals surface area contributed by atoms with Crippen LogP contribution in [0.4, 0.5) is 4.39 Å². The van der Waals surface area contributed by atoms with Gasteiger partial charge in [0.2, 0.25) is 0 Å². The second-order valence-electron chi connectivity index (χ2n) is 5.58. The Hall–Kier alpha value is -0.850. The van der Waals surface area contributed by atoms with Gasteiger partial charge in [-0.2, -0.15) is 0 Å². The van der Waals surface area contributed by atoms with E-state index in [0.717, 1.165) is 12.5 Å². The molecule has 0 aromatic heterocycles. The Balaban J connectivity index is 0.00000220. The van der Waals surface area contributed by atoms with E-state index in [1.165, 1.54) is 31.7 Å².